The molecule has 1 N–H and O–H groups in total. The van der Waals surface area contributed by atoms with Crippen molar-refractivity contribution in [2.75, 3.05) is 25.0 Å². The highest BCUT2D eigenvalue weighted by atomic mass is 35.5. The zero-order valence-electron chi connectivity index (χ0n) is 12.0. The average Bonchev–Trinajstić information content (AvgIpc) is 2.82. The molecule has 0 bridgehead atoms. The zero-order chi connectivity index (χ0) is 16.3. The predicted molar refractivity (Wildman–Crippen MR) is 81.9 cm³/mol. The molecule has 1 amide bonds. The van der Waals surface area contributed by atoms with Crippen LogP contribution in [0, 0.1) is 23.0 Å². The van der Waals surface area contributed by atoms with E-state index in [9.17, 15) is 19.7 Å². The van der Waals surface area contributed by atoms with Gasteiger partial charge < -0.3 is 10.2 Å². The molecule has 2 rings (SSSR count). The maximum Gasteiger partial charge on any atom is 0.269 e. The molecule has 0 aliphatic carbocycles. The Labute approximate surface area is 132 Å². The van der Waals surface area contributed by atoms with E-state index in [0.717, 1.165) is 11.3 Å². The Kier molecular flexibility index (Phi) is 4.97. The van der Waals surface area contributed by atoms with Crippen LogP contribution in [0.5, 0.6) is 0 Å². The molecule has 1 aliphatic rings. The van der Waals surface area contributed by atoms with Gasteiger partial charge in [-0.1, -0.05) is 0 Å². The fourth-order valence-electron chi connectivity index (χ4n) is 2.43. The van der Waals surface area contributed by atoms with E-state index in [1.165, 1.54) is 12.1 Å². The van der Waals surface area contributed by atoms with E-state index in [4.69, 9.17) is 11.6 Å². The van der Waals surface area contributed by atoms with Crippen LogP contribution >= 0.6 is 11.6 Å². The Balaban J connectivity index is 1.88. The average molecular weight is 326 g/mol. The van der Waals surface area contributed by atoms with Gasteiger partial charge in [0, 0.05) is 43.9 Å². The third-order valence-corrected chi connectivity index (χ3v) is 3.96. The first kappa shape index (κ1) is 16.2. The second-order valence-electron chi connectivity index (χ2n) is 5.23. The second-order valence-corrected chi connectivity index (χ2v) is 5.60. The lowest BCUT2D eigenvalue weighted by molar-refractivity contribution is -0.384. The number of anilines is 1. The van der Waals surface area contributed by atoms with Crippen molar-refractivity contribution >= 4 is 34.1 Å². The molecule has 0 saturated carbocycles. The minimum atomic E-state index is -0.477. The third-order valence-electron chi connectivity index (χ3n) is 3.65. The number of likely N-dealkylation sites (tertiary alicyclic amines) is 1. The fraction of sp³-hybridized carbons (Fsp3) is 0.429. The van der Waals surface area contributed by atoms with Crippen LogP contribution < -0.4 is 5.32 Å². The van der Waals surface area contributed by atoms with Crippen LogP contribution in [-0.4, -0.2) is 40.6 Å². The van der Waals surface area contributed by atoms with Crippen molar-refractivity contribution in [3.8, 4) is 0 Å². The van der Waals surface area contributed by atoms with Crippen molar-refractivity contribution in [1.82, 2.24) is 4.90 Å². The van der Waals surface area contributed by atoms with Crippen molar-refractivity contribution in [2.45, 2.75) is 13.3 Å². The molecule has 1 saturated heterocycles. The largest absolute Gasteiger partial charge is 0.383 e. The molecule has 118 valence electrons. The van der Waals surface area contributed by atoms with E-state index in [-0.39, 0.29) is 18.0 Å². The number of non-ortho nitro benzene ring substituents is 1. The van der Waals surface area contributed by atoms with Gasteiger partial charge in [-0.05, 0) is 30.2 Å². The van der Waals surface area contributed by atoms with E-state index in [1.54, 1.807) is 17.9 Å². The number of hydrogen-bond acceptors (Lipinski definition) is 5. The van der Waals surface area contributed by atoms with Crippen LogP contribution in [0.15, 0.2) is 18.2 Å². The second kappa shape index (κ2) is 6.74. The fourth-order valence-corrected chi connectivity index (χ4v) is 2.57. The Morgan fingerprint density at radius 2 is 2.27 bits per heavy atom. The minimum Gasteiger partial charge on any atom is -0.383 e. The SMILES string of the molecule is Cc1cc([N+](=O)[O-])ccc1NCCN1C[C@@H](C(=O)Cl)CC1=O. The lowest BCUT2D eigenvalue weighted by Crippen LogP contribution is -2.31. The number of hydrogen-bond donors (Lipinski definition) is 1. The van der Waals surface area contributed by atoms with Gasteiger partial charge in [-0.15, -0.1) is 0 Å². The van der Waals surface area contributed by atoms with E-state index in [1.807, 2.05) is 0 Å². The topological polar surface area (TPSA) is 92.6 Å². The molecule has 8 heteroatoms. The van der Waals surface area contributed by atoms with E-state index in [2.05, 4.69) is 5.32 Å². The standard InChI is InChI=1S/C14H16ClN3O4/c1-9-6-11(18(21)22)2-3-12(9)16-4-5-17-8-10(14(15)20)7-13(17)19/h2-3,6,10,16H,4-5,7-8H2,1H3/t10-/m0/s1. The summed E-state index contributed by atoms with van der Waals surface area (Å²) in [4.78, 5) is 34.6. The highest BCUT2D eigenvalue weighted by Gasteiger charge is 2.32. The van der Waals surface area contributed by atoms with Gasteiger partial charge in [-0.3, -0.25) is 19.7 Å². The quantitative estimate of drug-likeness (QED) is 0.490. The number of halogens is 1. The van der Waals surface area contributed by atoms with Gasteiger partial charge in [0.2, 0.25) is 11.1 Å². The molecule has 0 aromatic heterocycles. The van der Waals surface area contributed by atoms with Crippen LogP contribution in [0.3, 0.4) is 0 Å². The highest BCUT2D eigenvalue weighted by Crippen LogP contribution is 2.22. The van der Waals surface area contributed by atoms with Crippen molar-refractivity contribution in [2.24, 2.45) is 5.92 Å². The molecule has 1 heterocycles. The molecular weight excluding hydrogens is 310 g/mol. The van der Waals surface area contributed by atoms with Crippen LogP contribution in [0.4, 0.5) is 11.4 Å². The first-order valence-electron chi connectivity index (χ1n) is 6.84. The Hall–Kier alpha value is -2.15. The van der Waals surface area contributed by atoms with E-state index < -0.39 is 16.1 Å². The number of nitrogens with one attached hydrogen (secondary N) is 1. The van der Waals surface area contributed by atoms with Crippen LogP contribution in [-0.2, 0) is 9.59 Å². The Morgan fingerprint density at radius 3 is 2.82 bits per heavy atom. The van der Waals surface area contributed by atoms with E-state index in [0.29, 0.717) is 19.6 Å². The summed E-state index contributed by atoms with van der Waals surface area (Å²) < 4.78 is 0. The summed E-state index contributed by atoms with van der Waals surface area (Å²) in [6, 6.07) is 4.56. The molecular formula is C14H16ClN3O4. The normalized spacial score (nSPS) is 17.6. The molecule has 1 fully saturated rings. The van der Waals surface area contributed by atoms with Gasteiger partial charge in [0.15, 0.2) is 0 Å². The third kappa shape index (κ3) is 3.73. The van der Waals surface area contributed by atoms with Gasteiger partial charge in [-0.2, -0.15) is 0 Å². The number of nitrogens with zero attached hydrogens (tertiary/aromatic N) is 2. The number of amides is 1. The first-order valence-corrected chi connectivity index (χ1v) is 7.22. The van der Waals surface area contributed by atoms with E-state index >= 15 is 0 Å². The summed E-state index contributed by atoms with van der Waals surface area (Å²) >= 11 is 5.42. The molecule has 7 nitrogen and oxygen atoms in total. The molecule has 0 radical (unpaired) electrons. The summed E-state index contributed by atoms with van der Waals surface area (Å²) in [6.45, 7) is 3.07. The lowest BCUT2D eigenvalue weighted by atomic mass is 10.1. The maximum absolute atomic E-state index is 11.7. The Bertz CT molecular complexity index is 620. The Morgan fingerprint density at radius 1 is 1.55 bits per heavy atom. The first-order chi connectivity index (χ1) is 10.4. The zero-order valence-corrected chi connectivity index (χ0v) is 12.8. The summed E-state index contributed by atoms with van der Waals surface area (Å²) in [5, 5.41) is 13.3. The van der Waals surface area contributed by atoms with Crippen LogP contribution in [0.25, 0.3) is 0 Å². The van der Waals surface area contributed by atoms with Crippen molar-refractivity contribution in [1.29, 1.82) is 0 Å². The van der Waals surface area contributed by atoms with Gasteiger partial charge in [-0.25, -0.2) is 0 Å². The molecule has 1 atom stereocenters. The number of carbonyl (C=O) groups is 2. The molecule has 1 aliphatic heterocycles. The smallest absolute Gasteiger partial charge is 0.269 e. The van der Waals surface area contributed by atoms with Crippen molar-refractivity contribution in [3.05, 3.63) is 33.9 Å². The van der Waals surface area contributed by atoms with Gasteiger partial charge in [0.25, 0.3) is 5.69 Å². The molecule has 1 aromatic rings. The molecule has 1 aromatic carbocycles. The number of aryl methyl sites for hydroxylation is 1. The number of nitro groups is 1. The summed E-state index contributed by atoms with van der Waals surface area (Å²) in [6.07, 6.45) is 0.166. The molecule has 22 heavy (non-hydrogen) atoms. The summed E-state index contributed by atoms with van der Waals surface area (Å²) in [7, 11) is 0. The van der Waals surface area contributed by atoms with Crippen molar-refractivity contribution in [3.63, 3.8) is 0 Å². The van der Waals surface area contributed by atoms with Crippen LogP contribution in [0.2, 0.25) is 0 Å². The minimum absolute atomic E-state index is 0.0428. The number of benzene rings is 1. The molecule has 0 spiro atoms. The lowest BCUT2D eigenvalue weighted by Gasteiger charge is -2.17. The van der Waals surface area contributed by atoms with Gasteiger partial charge in [0.05, 0.1) is 10.8 Å². The highest BCUT2D eigenvalue weighted by molar-refractivity contribution is 6.64. The number of rotatable bonds is 6. The van der Waals surface area contributed by atoms with Crippen LogP contribution in [0.1, 0.15) is 12.0 Å². The maximum atomic E-state index is 11.7. The van der Waals surface area contributed by atoms with Gasteiger partial charge in [0.1, 0.15) is 0 Å². The number of carbonyl (C=O) groups excluding carboxylic acids is 2. The predicted octanol–water partition coefficient (Wildman–Crippen LogP) is 1.93. The van der Waals surface area contributed by atoms with Crippen molar-refractivity contribution < 1.29 is 14.5 Å². The van der Waals surface area contributed by atoms with Gasteiger partial charge >= 0.3 is 0 Å². The summed E-state index contributed by atoms with van der Waals surface area (Å²) in [5.74, 6) is -0.503. The molecule has 0 unspecified atom stereocenters. The monoisotopic (exact) mass is 325 g/mol. The summed E-state index contributed by atoms with van der Waals surface area (Å²) in [5.41, 5.74) is 1.58. The number of nitro benzene ring substituents is 1.